The highest BCUT2D eigenvalue weighted by Gasteiger charge is 2.43. The van der Waals surface area contributed by atoms with Gasteiger partial charge in [0.05, 0.1) is 27.8 Å². The van der Waals surface area contributed by atoms with Crippen molar-refractivity contribution in [2.75, 3.05) is 0 Å². The van der Waals surface area contributed by atoms with Crippen LogP contribution in [0.2, 0.25) is 0 Å². The van der Waals surface area contributed by atoms with Crippen LogP contribution in [0.1, 0.15) is 0 Å². The summed E-state index contributed by atoms with van der Waals surface area (Å²) in [6.45, 7) is 0. The van der Waals surface area contributed by atoms with Gasteiger partial charge in [-0.1, -0.05) is 237 Å². The van der Waals surface area contributed by atoms with Crippen molar-refractivity contribution in [1.29, 1.82) is 0 Å². The molecular weight excluding hydrogens is 849 g/mol. The number of para-hydroxylation sites is 2. The Balaban J connectivity index is 1.20. The van der Waals surface area contributed by atoms with E-state index in [0.29, 0.717) is 0 Å². The molecule has 0 aliphatic carbocycles. The fourth-order valence-corrected chi connectivity index (χ4v) is 16.3. The summed E-state index contributed by atoms with van der Waals surface area (Å²) >= 11 is 0. The number of fused-ring (bicyclic) bond motifs is 6. The van der Waals surface area contributed by atoms with Gasteiger partial charge in [0.2, 0.25) is 0 Å². The third kappa shape index (κ3) is 6.54. The Bertz CT molecular complexity index is 3820. The second-order valence-corrected chi connectivity index (χ2v) is 21.7. The molecule has 0 atom stereocenters. The normalized spacial score (nSPS) is 11.8. The molecule has 0 aliphatic heterocycles. The van der Waals surface area contributed by atoms with Crippen LogP contribution in [0, 0.1) is 0 Å². The van der Waals surface area contributed by atoms with Gasteiger partial charge in [-0.15, -0.1) is 0 Å². The monoisotopic (exact) mass is 894 g/mol. The standard InChI is InChI=1S/C66H46N2Si/c1-7-23-47(24-8-1)50-41-43-61-58(45-50)57-35-19-20-38-60(57)67(61)51-42-44-62-59(46-51)65-63(68(62)66-55(48-25-9-2-10-26-48)36-21-37-56(66)49-27-11-3-12-28-49)39-22-40-64(65)69(52-29-13-4-14-30-52,53-31-15-5-16-32-53)54-33-17-6-18-34-54/h1-46H. The molecule has 0 bridgehead atoms. The molecule has 2 aromatic heterocycles. The Morgan fingerprint density at radius 1 is 0.261 bits per heavy atom. The average Bonchev–Trinajstić information content (AvgIpc) is 3.95. The van der Waals surface area contributed by atoms with Crippen molar-refractivity contribution in [3.05, 3.63) is 279 Å². The molecule has 3 heteroatoms. The van der Waals surface area contributed by atoms with Crippen molar-refractivity contribution in [2.24, 2.45) is 0 Å². The lowest BCUT2D eigenvalue weighted by Crippen LogP contribution is -2.74. The minimum atomic E-state index is -3.05. The molecule has 69 heavy (non-hydrogen) atoms. The fourth-order valence-electron chi connectivity index (χ4n) is 11.3. The van der Waals surface area contributed by atoms with E-state index >= 15 is 0 Å². The Morgan fingerprint density at radius 3 is 1.29 bits per heavy atom. The molecule has 324 valence electrons. The summed E-state index contributed by atoms with van der Waals surface area (Å²) in [5.74, 6) is 0. The molecule has 0 N–H and O–H groups in total. The Kier molecular flexibility index (Phi) is 9.88. The van der Waals surface area contributed by atoms with Crippen LogP contribution in [0.3, 0.4) is 0 Å². The van der Waals surface area contributed by atoms with Gasteiger partial charge in [0.15, 0.2) is 8.07 Å². The van der Waals surface area contributed by atoms with Gasteiger partial charge in [-0.05, 0) is 85.5 Å². The molecule has 0 amide bonds. The zero-order valence-corrected chi connectivity index (χ0v) is 39.0. The van der Waals surface area contributed by atoms with Gasteiger partial charge in [-0.3, -0.25) is 0 Å². The van der Waals surface area contributed by atoms with E-state index in [0.717, 1.165) is 16.9 Å². The molecule has 0 spiro atoms. The molecule has 0 aliphatic rings. The smallest absolute Gasteiger partial charge is 0.180 e. The second kappa shape index (κ2) is 16.8. The lowest BCUT2D eigenvalue weighted by molar-refractivity contribution is 1.17. The highest BCUT2D eigenvalue weighted by Crippen LogP contribution is 2.43. The maximum Gasteiger partial charge on any atom is 0.180 e. The van der Waals surface area contributed by atoms with Crippen LogP contribution in [0.4, 0.5) is 0 Å². The lowest BCUT2D eigenvalue weighted by atomic mass is 9.95. The van der Waals surface area contributed by atoms with E-state index in [1.807, 2.05) is 0 Å². The number of nitrogens with zero attached hydrogens (tertiary/aromatic N) is 2. The van der Waals surface area contributed by atoms with Crippen LogP contribution >= 0.6 is 0 Å². The second-order valence-electron chi connectivity index (χ2n) is 18.0. The summed E-state index contributed by atoms with van der Waals surface area (Å²) in [5.41, 5.74) is 14.1. The van der Waals surface area contributed by atoms with E-state index in [4.69, 9.17) is 0 Å². The fraction of sp³-hybridized carbons (Fsp3) is 0. The molecule has 0 radical (unpaired) electrons. The first-order valence-electron chi connectivity index (χ1n) is 23.8. The van der Waals surface area contributed by atoms with Gasteiger partial charge in [0, 0.05) is 38.4 Å². The number of hydrogen-bond acceptors (Lipinski definition) is 0. The molecule has 2 heterocycles. The summed E-state index contributed by atoms with van der Waals surface area (Å²) in [7, 11) is -3.05. The molecule has 13 rings (SSSR count). The largest absolute Gasteiger partial charge is 0.309 e. The van der Waals surface area contributed by atoms with Crippen LogP contribution in [0.25, 0.3) is 88.4 Å². The van der Waals surface area contributed by atoms with Crippen molar-refractivity contribution < 1.29 is 0 Å². The Labute approximate surface area is 403 Å². The van der Waals surface area contributed by atoms with E-state index in [9.17, 15) is 0 Å². The van der Waals surface area contributed by atoms with E-state index in [-0.39, 0.29) is 0 Å². The maximum absolute atomic E-state index is 3.05. The van der Waals surface area contributed by atoms with Crippen LogP contribution in [-0.2, 0) is 0 Å². The zero-order chi connectivity index (χ0) is 45.7. The van der Waals surface area contributed by atoms with E-state index in [2.05, 4.69) is 288 Å². The highest BCUT2D eigenvalue weighted by atomic mass is 28.3. The summed E-state index contributed by atoms with van der Waals surface area (Å²) < 4.78 is 5.06. The molecule has 0 saturated carbocycles. The molecule has 2 nitrogen and oxygen atoms in total. The van der Waals surface area contributed by atoms with Crippen molar-refractivity contribution >= 4 is 72.4 Å². The Hall–Kier alpha value is -8.76. The topological polar surface area (TPSA) is 9.86 Å². The molecule has 0 fully saturated rings. The number of rotatable bonds is 9. The van der Waals surface area contributed by atoms with Gasteiger partial charge in [0.25, 0.3) is 0 Å². The maximum atomic E-state index is 2.58. The first-order chi connectivity index (χ1) is 34.3. The number of aromatic nitrogens is 2. The predicted octanol–water partition coefficient (Wildman–Crippen LogP) is 14.3. The molecule has 0 saturated heterocycles. The number of hydrogen-bond donors (Lipinski definition) is 0. The van der Waals surface area contributed by atoms with E-state index in [1.165, 1.54) is 92.2 Å². The highest BCUT2D eigenvalue weighted by molar-refractivity contribution is 7.20. The average molecular weight is 895 g/mol. The lowest BCUT2D eigenvalue weighted by Gasteiger charge is -2.35. The van der Waals surface area contributed by atoms with Crippen LogP contribution in [-0.4, -0.2) is 17.2 Å². The molecule has 0 unspecified atom stereocenters. The van der Waals surface area contributed by atoms with Crippen molar-refractivity contribution in [3.8, 4) is 44.8 Å². The quantitative estimate of drug-likeness (QED) is 0.101. The number of benzene rings is 11. The minimum absolute atomic E-state index is 1.13. The van der Waals surface area contributed by atoms with Crippen LogP contribution in [0.5, 0.6) is 0 Å². The SMILES string of the molecule is c1ccc(-c2ccc3c(c2)c2ccccc2n3-c2ccc3c(c2)c2c([Si](c4ccccc4)(c4ccccc4)c4ccccc4)cccc2n3-c2c(-c3ccccc3)cccc2-c2ccccc2)cc1. The third-order valence-corrected chi connectivity index (χ3v) is 19.1. The third-order valence-electron chi connectivity index (χ3n) is 14.3. The van der Waals surface area contributed by atoms with Crippen molar-refractivity contribution in [1.82, 2.24) is 9.13 Å². The first kappa shape index (κ1) is 40.5. The summed E-state index contributed by atoms with van der Waals surface area (Å²) in [5, 5.41) is 10.4. The first-order valence-corrected chi connectivity index (χ1v) is 25.8. The van der Waals surface area contributed by atoms with Crippen molar-refractivity contribution in [3.63, 3.8) is 0 Å². The Morgan fingerprint density at radius 2 is 0.710 bits per heavy atom. The molecular formula is C66H46N2Si. The van der Waals surface area contributed by atoms with Gasteiger partial charge in [-0.2, -0.15) is 0 Å². The summed E-state index contributed by atoms with van der Waals surface area (Å²) in [6.07, 6.45) is 0. The summed E-state index contributed by atoms with van der Waals surface area (Å²) in [6, 6.07) is 104. The molecule has 13 aromatic rings. The zero-order valence-electron chi connectivity index (χ0n) is 38.0. The van der Waals surface area contributed by atoms with Gasteiger partial charge in [-0.25, -0.2) is 0 Å². The van der Waals surface area contributed by atoms with E-state index < -0.39 is 8.07 Å². The predicted molar refractivity (Wildman–Crippen MR) is 295 cm³/mol. The van der Waals surface area contributed by atoms with Gasteiger partial charge < -0.3 is 9.13 Å². The van der Waals surface area contributed by atoms with Gasteiger partial charge in [0.1, 0.15) is 0 Å². The van der Waals surface area contributed by atoms with E-state index in [1.54, 1.807) is 0 Å². The van der Waals surface area contributed by atoms with Crippen LogP contribution in [0.15, 0.2) is 279 Å². The molecule has 11 aromatic carbocycles. The van der Waals surface area contributed by atoms with Crippen LogP contribution < -0.4 is 20.7 Å². The van der Waals surface area contributed by atoms with Gasteiger partial charge >= 0.3 is 0 Å². The minimum Gasteiger partial charge on any atom is -0.309 e. The summed E-state index contributed by atoms with van der Waals surface area (Å²) in [4.78, 5) is 0. The van der Waals surface area contributed by atoms with Crippen molar-refractivity contribution in [2.45, 2.75) is 0 Å².